The van der Waals surface area contributed by atoms with E-state index in [2.05, 4.69) is 28.0 Å². The Balaban J connectivity index is 1.87. The van der Waals surface area contributed by atoms with Crippen LogP contribution in [0.2, 0.25) is 0 Å². The van der Waals surface area contributed by atoms with Crippen LogP contribution < -0.4 is 5.56 Å². The molecular weight excluding hydrogens is 472 g/mol. The first kappa shape index (κ1) is 22.0. The number of fused-ring (bicyclic) bond motifs is 2. The maximum absolute atomic E-state index is 13.3. The standard InChI is InChI=1S/C24H23BrN4O3/c1-4-15(2)23-27-20-10-9-17(25)11-19(20)24(31)29(23)26-12-16-13-28(14-22(30)32-3)21-8-6-5-7-18(16)21/h5-13,15H,4,14H2,1-3H3/t15-/m0/s1. The number of hydrogen-bond donors (Lipinski definition) is 0. The number of aromatic nitrogens is 3. The fourth-order valence-corrected chi connectivity index (χ4v) is 3.97. The van der Waals surface area contributed by atoms with Crippen LogP contribution in [0.5, 0.6) is 0 Å². The smallest absolute Gasteiger partial charge is 0.325 e. The van der Waals surface area contributed by atoms with Crippen molar-refractivity contribution in [3.63, 3.8) is 0 Å². The van der Waals surface area contributed by atoms with Gasteiger partial charge in [-0.05, 0) is 30.7 Å². The maximum atomic E-state index is 13.3. The number of carbonyl (C=O) groups is 1. The molecule has 164 valence electrons. The van der Waals surface area contributed by atoms with Crippen LogP contribution in [0.3, 0.4) is 0 Å². The zero-order valence-electron chi connectivity index (χ0n) is 18.1. The summed E-state index contributed by atoms with van der Waals surface area (Å²) in [4.78, 5) is 29.9. The molecule has 0 spiro atoms. The third-order valence-electron chi connectivity index (χ3n) is 5.55. The van der Waals surface area contributed by atoms with Crippen LogP contribution in [-0.4, -0.2) is 33.5 Å². The number of carbonyl (C=O) groups excluding carboxylic acids is 1. The van der Waals surface area contributed by atoms with Crippen molar-refractivity contribution in [3.8, 4) is 0 Å². The maximum Gasteiger partial charge on any atom is 0.325 e. The first-order valence-corrected chi connectivity index (χ1v) is 11.1. The summed E-state index contributed by atoms with van der Waals surface area (Å²) in [5.41, 5.74) is 2.10. The Morgan fingerprint density at radius 2 is 2.03 bits per heavy atom. The zero-order chi connectivity index (χ0) is 22.8. The number of methoxy groups -OCH3 is 1. The van der Waals surface area contributed by atoms with E-state index in [1.54, 1.807) is 12.3 Å². The van der Waals surface area contributed by atoms with E-state index in [0.717, 1.165) is 27.4 Å². The monoisotopic (exact) mass is 494 g/mol. The first-order chi connectivity index (χ1) is 15.4. The summed E-state index contributed by atoms with van der Waals surface area (Å²) in [7, 11) is 1.37. The van der Waals surface area contributed by atoms with Gasteiger partial charge in [0.1, 0.15) is 12.4 Å². The van der Waals surface area contributed by atoms with Gasteiger partial charge in [-0.3, -0.25) is 9.59 Å². The Labute approximate surface area is 193 Å². The van der Waals surface area contributed by atoms with Gasteiger partial charge in [0, 0.05) is 33.1 Å². The molecule has 1 atom stereocenters. The lowest BCUT2D eigenvalue weighted by Crippen LogP contribution is -2.23. The van der Waals surface area contributed by atoms with Gasteiger partial charge >= 0.3 is 5.97 Å². The van der Waals surface area contributed by atoms with Crippen molar-refractivity contribution in [2.45, 2.75) is 32.7 Å². The Morgan fingerprint density at radius 1 is 1.25 bits per heavy atom. The van der Waals surface area contributed by atoms with Gasteiger partial charge in [-0.15, -0.1) is 0 Å². The Bertz CT molecular complexity index is 1400. The molecule has 2 heterocycles. The minimum Gasteiger partial charge on any atom is -0.468 e. The lowest BCUT2D eigenvalue weighted by molar-refractivity contribution is -0.141. The number of benzene rings is 2. The number of rotatable bonds is 6. The number of esters is 1. The van der Waals surface area contributed by atoms with E-state index in [1.807, 2.05) is 54.1 Å². The van der Waals surface area contributed by atoms with Crippen molar-refractivity contribution in [3.05, 3.63) is 74.9 Å². The second-order valence-corrected chi connectivity index (χ2v) is 8.52. The summed E-state index contributed by atoms with van der Waals surface area (Å²) >= 11 is 3.43. The second-order valence-electron chi connectivity index (χ2n) is 7.61. The lowest BCUT2D eigenvalue weighted by atomic mass is 10.1. The predicted octanol–water partition coefficient (Wildman–Crippen LogP) is 4.68. The van der Waals surface area contributed by atoms with Gasteiger partial charge in [0.2, 0.25) is 0 Å². The van der Waals surface area contributed by atoms with Crippen LogP contribution in [0.25, 0.3) is 21.8 Å². The number of halogens is 1. The molecule has 32 heavy (non-hydrogen) atoms. The lowest BCUT2D eigenvalue weighted by Gasteiger charge is -2.13. The Morgan fingerprint density at radius 3 is 2.78 bits per heavy atom. The number of para-hydroxylation sites is 1. The zero-order valence-corrected chi connectivity index (χ0v) is 19.7. The van der Waals surface area contributed by atoms with Crippen molar-refractivity contribution in [2.24, 2.45) is 5.10 Å². The van der Waals surface area contributed by atoms with Crippen molar-refractivity contribution >= 4 is 49.9 Å². The highest BCUT2D eigenvalue weighted by atomic mass is 79.9. The molecule has 4 aromatic rings. The molecule has 7 nitrogen and oxygen atoms in total. The van der Waals surface area contributed by atoms with E-state index in [9.17, 15) is 9.59 Å². The van der Waals surface area contributed by atoms with Gasteiger partial charge in [0.15, 0.2) is 0 Å². The van der Waals surface area contributed by atoms with Crippen molar-refractivity contribution in [1.82, 2.24) is 14.2 Å². The molecule has 0 aliphatic carbocycles. The predicted molar refractivity (Wildman–Crippen MR) is 129 cm³/mol. The molecule has 0 saturated carbocycles. The highest BCUT2D eigenvalue weighted by molar-refractivity contribution is 9.10. The molecule has 0 aliphatic rings. The molecule has 2 aromatic heterocycles. The average molecular weight is 495 g/mol. The van der Waals surface area contributed by atoms with Crippen LogP contribution in [0.1, 0.15) is 37.6 Å². The SMILES string of the molecule is CC[C@H](C)c1nc2ccc(Br)cc2c(=O)n1N=Cc1cn(CC(=O)OC)c2ccccc12. The molecule has 0 aliphatic heterocycles. The summed E-state index contributed by atoms with van der Waals surface area (Å²) in [6.45, 7) is 4.17. The fourth-order valence-electron chi connectivity index (χ4n) is 3.61. The fraction of sp³-hybridized carbons (Fsp3) is 0.250. The van der Waals surface area contributed by atoms with Crippen LogP contribution in [0, 0.1) is 0 Å². The van der Waals surface area contributed by atoms with E-state index in [-0.39, 0.29) is 24.0 Å². The van der Waals surface area contributed by atoms with Gasteiger partial charge in [0.25, 0.3) is 5.56 Å². The van der Waals surface area contributed by atoms with Gasteiger partial charge in [0.05, 0.1) is 24.2 Å². The summed E-state index contributed by atoms with van der Waals surface area (Å²) in [5.74, 6) is 0.323. The topological polar surface area (TPSA) is 78.5 Å². The Hall–Kier alpha value is -3.26. The van der Waals surface area contributed by atoms with Crippen LogP contribution >= 0.6 is 15.9 Å². The molecule has 2 aromatic carbocycles. The highest BCUT2D eigenvalue weighted by Crippen LogP contribution is 2.22. The van der Waals surface area contributed by atoms with Crippen molar-refractivity contribution in [2.75, 3.05) is 7.11 Å². The van der Waals surface area contributed by atoms with E-state index < -0.39 is 0 Å². The minimum absolute atomic E-state index is 0.0496. The molecule has 4 rings (SSSR count). The van der Waals surface area contributed by atoms with Crippen molar-refractivity contribution < 1.29 is 9.53 Å². The van der Waals surface area contributed by atoms with Crippen LogP contribution in [-0.2, 0) is 16.1 Å². The molecule has 0 amide bonds. The number of nitrogens with zero attached hydrogens (tertiary/aromatic N) is 4. The molecule has 0 bridgehead atoms. The molecular formula is C24H23BrN4O3. The largest absolute Gasteiger partial charge is 0.468 e. The van der Waals surface area contributed by atoms with Crippen LogP contribution in [0.15, 0.2) is 63.0 Å². The Kier molecular flexibility index (Phi) is 6.23. The summed E-state index contributed by atoms with van der Waals surface area (Å²) in [6.07, 6.45) is 4.31. The normalized spacial score (nSPS) is 12.6. The minimum atomic E-state index is -0.339. The molecule has 0 saturated heterocycles. The third kappa shape index (κ3) is 4.10. The summed E-state index contributed by atoms with van der Waals surface area (Å²) in [6, 6.07) is 13.2. The third-order valence-corrected chi connectivity index (χ3v) is 6.04. The molecule has 0 radical (unpaired) electrons. The molecule has 0 fully saturated rings. The van der Waals surface area contributed by atoms with E-state index in [4.69, 9.17) is 9.72 Å². The summed E-state index contributed by atoms with van der Waals surface area (Å²) < 4.78 is 8.82. The van der Waals surface area contributed by atoms with Gasteiger partial charge in [-0.2, -0.15) is 9.78 Å². The van der Waals surface area contributed by atoms with E-state index >= 15 is 0 Å². The van der Waals surface area contributed by atoms with Gasteiger partial charge in [-0.1, -0.05) is 48.0 Å². The first-order valence-electron chi connectivity index (χ1n) is 10.3. The molecule has 0 N–H and O–H groups in total. The molecule has 0 unspecified atom stereocenters. The molecule has 8 heteroatoms. The van der Waals surface area contributed by atoms with E-state index in [1.165, 1.54) is 11.8 Å². The van der Waals surface area contributed by atoms with Gasteiger partial charge in [-0.25, -0.2) is 4.98 Å². The highest BCUT2D eigenvalue weighted by Gasteiger charge is 2.16. The van der Waals surface area contributed by atoms with Gasteiger partial charge < -0.3 is 9.30 Å². The average Bonchev–Trinajstić information content (AvgIpc) is 3.15. The number of ether oxygens (including phenoxy) is 1. The van der Waals surface area contributed by atoms with Crippen LogP contribution in [0.4, 0.5) is 0 Å². The number of hydrogen-bond acceptors (Lipinski definition) is 5. The quantitative estimate of drug-likeness (QED) is 0.288. The second kappa shape index (κ2) is 9.08. The van der Waals surface area contributed by atoms with E-state index in [0.29, 0.717) is 16.7 Å². The van der Waals surface area contributed by atoms with Crippen molar-refractivity contribution in [1.29, 1.82) is 0 Å². The summed E-state index contributed by atoms with van der Waals surface area (Å²) in [5, 5.41) is 5.98.